The summed E-state index contributed by atoms with van der Waals surface area (Å²) < 4.78 is 0. The van der Waals surface area contributed by atoms with Crippen molar-refractivity contribution in [2.75, 3.05) is 39.3 Å². The summed E-state index contributed by atoms with van der Waals surface area (Å²) in [6.45, 7) is 7.11. The van der Waals surface area contributed by atoms with Crippen LogP contribution in [0.1, 0.15) is 39.0 Å². The van der Waals surface area contributed by atoms with Gasteiger partial charge in [0.2, 0.25) is 11.8 Å². The summed E-state index contributed by atoms with van der Waals surface area (Å²) in [4.78, 5) is 28.7. The van der Waals surface area contributed by atoms with Crippen LogP contribution < -0.4 is 5.32 Å². The molecule has 0 aromatic carbocycles. The molecule has 1 aliphatic carbocycles. The lowest BCUT2D eigenvalue weighted by atomic mass is 9.96. The number of nitrogens with one attached hydrogen (secondary N) is 1. The summed E-state index contributed by atoms with van der Waals surface area (Å²) in [7, 11) is 0. The Labute approximate surface area is 133 Å². The van der Waals surface area contributed by atoms with Crippen molar-refractivity contribution in [3.8, 4) is 0 Å². The third kappa shape index (κ3) is 4.00. The van der Waals surface area contributed by atoms with Crippen molar-refractivity contribution in [3.05, 3.63) is 0 Å². The molecule has 0 radical (unpaired) electrons. The van der Waals surface area contributed by atoms with Crippen LogP contribution in [0.3, 0.4) is 0 Å². The van der Waals surface area contributed by atoms with Crippen molar-refractivity contribution in [1.29, 1.82) is 0 Å². The molecule has 3 rings (SSSR count). The summed E-state index contributed by atoms with van der Waals surface area (Å²) >= 11 is 0. The number of nitrogens with zero attached hydrogens (tertiary/aromatic N) is 2. The minimum atomic E-state index is -0.00349. The summed E-state index contributed by atoms with van der Waals surface area (Å²) in [6.07, 6.45) is 5.58. The Hall–Kier alpha value is -1.10. The molecule has 0 spiro atoms. The van der Waals surface area contributed by atoms with E-state index in [-0.39, 0.29) is 17.7 Å². The molecule has 3 aliphatic rings. The maximum Gasteiger partial charge on any atom is 0.236 e. The first-order valence-electron chi connectivity index (χ1n) is 8.93. The third-order valence-electron chi connectivity index (χ3n) is 5.38. The average Bonchev–Trinajstić information content (AvgIpc) is 3.32. The van der Waals surface area contributed by atoms with Crippen LogP contribution in [0.15, 0.2) is 0 Å². The molecule has 0 aromatic rings. The molecule has 2 aliphatic heterocycles. The molecular formula is C17H29N3O2. The first-order valence-corrected chi connectivity index (χ1v) is 8.93. The Morgan fingerprint density at radius 1 is 1.09 bits per heavy atom. The second kappa shape index (κ2) is 6.99. The van der Waals surface area contributed by atoms with Crippen molar-refractivity contribution in [2.24, 2.45) is 17.8 Å². The summed E-state index contributed by atoms with van der Waals surface area (Å²) in [5.74, 6) is 1.84. The van der Waals surface area contributed by atoms with E-state index in [1.807, 2.05) is 4.90 Å². The molecule has 1 N–H and O–H groups in total. The van der Waals surface area contributed by atoms with E-state index in [9.17, 15) is 9.59 Å². The molecule has 1 atom stereocenters. The van der Waals surface area contributed by atoms with Gasteiger partial charge in [-0.05, 0) is 37.5 Å². The van der Waals surface area contributed by atoms with Crippen LogP contribution in [0.25, 0.3) is 0 Å². The standard InChI is InChI=1S/C17H29N3O2/c1-2-13-9-19(10-13)12-16(21)20-7-3-4-15(11-20)17(22)18-8-14-5-6-14/h13-15H,2-12H2,1H3,(H,18,22). The van der Waals surface area contributed by atoms with E-state index >= 15 is 0 Å². The second-order valence-electron chi connectivity index (χ2n) is 7.34. The number of amides is 2. The molecule has 1 unspecified atom stereocenters. The predicted octanol–water partition coefficient (Wildman–Crippen LogP) is 1.09. The van der Waals surface area contributed by atoms with Gasteiger partial charge in [0.1, 0.15) is 0 Å². The van der Waals surface area contributed by atoms with Crippen molar-refractivity contribution >= 4 is 11.8 Å². The lowest BCUT2D eigenvalue weighted by molar-refractivity contribution is -0.138. The number of hydrogen-bond acceptors (Lipinski definition) is 3. The van der Waals surface area contributed by atoms with Crippen molar-refractivity contribution in [3.63, 3.8) is 0 Å². The molecule has 124 valence electrons. The average molecular weight is 307 g/mol. The van der Waals surface area contributed by atoms with E-state index in [0.717, 1.165) is 44.9 Å². The highest BCUT2D eigenvalue weighted by atomic mass is 16.2. The van der Waals surface area contributed by atoms with Gasteiger partial charge in [-0.15, -0.1) is 0 Å². The summed E-state index contributed by atoms with van der Waals surface area (Å²) in [5, 5.41) is 3.06. The van der Waals surface area contributed by atoms with Gasteiger partial charge in [-0.25, -0.2) is 0 Å². The van der Waals surface area contributed by atoms with Crippen LogP contribution in [-0.4, -0.2) is 60.9 Å². The molecule has 5 nitrogen and oxygen atoms in total. The Morgan fingerprint density at radius 2 is 1.86 bits per heavy atom. The first-order chi connectivity index (χ1) is 10.7. The number of likely N-dealkylation sites (tertiary alicyclic amines) is 2. The van der Waals surface area contributed by atoms with Gasteiger partial charge in [0.05, 0.1) is 12.5 Å². The number of piperidine rings is 1. The molecule has 3 fully saturated rings. The lowest BCUT2D eigenvalue weighted by Gasteiger charge is -2.40. The quantitative estimate of drug-likeness (QED) is 0.799. The van der Waals surface area contributed by atoms with Crippen LogP contribution in [0, 0.1) is 17.8 Å². The predicted molar refractivity (Wildman–Crippen MR) is 85.3 cm³/mol. The maximum atomic E-state index is 12.4. The molecule has 0 bridgehead atoms. The fourth-order valence-corrected chi connectivity index (χ4v) is 3.48. The minimum absolute atomic E-state index is 0.00349. The highest BCUT2D eigenvalue weighted by molar-refractivity contribution is 5.82. The molecule has 5 heteroatoms. The number of hydrogen-bond donors (Lipinski definition) is 1. The van der Waals surface area contributed by atoms with Gasteiger partial charge < -0.3 is 10.2 Å². The zero-order valence-corrected chi connectivity index (χ0v) is 13.7. The van der Waals surface area contributed by atoms with Gasteiger partial charge in [0, 0.05) is 32.7 Å². The molecule has 1 saturated carbocycles. The van der Waals surface area contributed by atoms with E-state index in [2.05, 4.69) is 17.1 Å². The summed E-state index contributed by atoms with van der Waals surface area (Å²) in [5.41, 5.74) is 0. The Kier molecular flexibility index (Phi) is 5.01. The van der Waals surface area contributed by atoms with Crippen molar-refractivity contribution < 1.29 is 9.59 Å². The molecule has 2 heterocycles. The van der Waals surface area contributed by atoms with E-state index in [1.165, 1.54) is 19.3 Å². The molecule has 22 heavy (non-hydrogen) atoms. The number of carbonyl (C=O) groups is 2. The fraction of sp³-hybridized carbons (Fsp3) is 0.882. The molecule has 2 saturated heterocycles. The molecule has 2 amide bonds. The molecule has 0 aromatic heterocycles. The monoisotopic (exact) mass is 307 g/mol. The number of carbonyl (C=O) groups excluding carboxylic acids is 2. The van der Waals surface area contributed by atoms with Crippen molar-refractivity contribution in [2.45, 2.75) is 39.0 Å². The van der Waals surface area contributed by atoms with Crippen LogP contribution in [0.5, 0.6) is 0 Å². The van der Waals surface area contributed by atoms with Crippen LogP contribution in [0.4, 0.5) is 0 Å². The highest BCUT2D eigenvalue weighted by Crippen LogP contribution is 2.28. The number of rotatable bonds is 6. The lowest BCUT2D eigenvalue weighted by Crippen LogP contribution is -2.53. The molecular weight excluding hydrogens is 278 g/mol. The topological polar surface area (TPSA) is 52.7 Å². The minimum Gasteiger partial charge on any atom is -0.356 e. The van der Waals surface area contributed by atoms with Gasteiger partial charge >= 0.3 is 0 Å². The van der Waals surface area contributed by atoms with Gasteiger partial charge in [0.25, 0.3) is 0 Å². The SMILES string of the molecule is CCC1CN(CC(=O)N2CCCC(C(=O)NCC3CC3)C2)C1. The van der Waals surface area contributed by atoms with E-state index in [0.29, 0.717) is 19.0 Å². The van der Waals surface area contributed by atoms with Crippen LogP contribution >= 0.6 is 0 Å². The third-order valence-corrected chi connectivity index (χ3v) is 5.38. The van der Waals surface area contributed by atoms with Gasteiger partial charge in [-0.2, -0.15) is 0 Å². The zero-order chi connectivity index (χ0) is 15.5. The fourth-order valence-electron chi connectivity index (χ4n) is 3.48. The van der Waals surface area contributed by atoms with Gasteiger partial charge in [-0.1, -0.05) is 13.3 Å². The van der Waals surface area contributed by atoms with E-state index in [4.69, 9.17) is 0 Å². The first kappa shape index (κ1) is 15.8. The normalized spacial score (nSPS) is 26.6. The Balaban J connectivity index is 1.41. The van der Waals surface area contributed by atoms with Gasteiger partial charge in [0.15, 0.2) is 0 Å². The highest BCUT2D eigenvalue weighted by Gasteiger charge is 2.32. The zero-order valence-electron chi connectivity index (χ0n) is 13.7. The maximum absolute atomic E-state index is 12.4. The van der Waals surface area contributed by atoms with Crippen molar-refractivity contribution in [1.82, 2.24) is 15.1 Å². The Bertz CT molecular complexity index is 416. The van der Waals surface area contributed by atoms with E-state index in [1.54, 1.807) is 0 Å². The van der Waals surface area contributed by atoms with E-state index < -0.39 is 0 Å². The Morgan fingerprint density at radius 3 is 2.55 bits per heavy atom. The largest absolute Gasteiger partial charge is 0.356 e. The van der Waals surface area contributed by atoms with Gasteiger partial charge in [-0.3, -0.25) is 14.5 Å². The van der Waals surface area contributed by atoms with Crippen LogP contribution in [0.2, 0.25) is 0 Å². The smallest absolute Gasteiger partial charge is 0.236 e. The summed E-state index contributed by atoms with van der Waals surface area (Å²) in [6, 6.07) is 0. The van der Waals surface area contributed by atoms with Crippen LogP contribution in [-0.2, 0) is 9.59 Å². The second-order valence-corrected chi connectivity index (χ2v) is 7.34.